The predicted molar refractivity (Wildman–Crippen MR) is 53.8 cm³/mol. The third kappa shape index (κ3) is 1.40. The van der Waals surface area contributed by atoms with E-state index in [1.165, 1.54) is 0 Å². The van der Waals surface area contributed by atoms with Crippen molar-refractivity contribution in [3.8, 4) is 0 Å². The molecule has 0 spiro atoms. The molecule has 0 aromatic heterocycles. The monoisotopic (exact) mass is 239 g/mol. The average molecular weight is 239 g/mol. The second kappa shape index (κ2) is 3.53. The number of carboxylic acids is 1. The molecule has 17 heavy (non-hydrogen) atoms. The van der Waals surface area contributed by atoms with E-state index in [1.807, 2.05) is 0 Å². The van der Waals surface area contributed by atoms with Crippen molar-refractivity contribution in [1.82, 2.24) is 4.90 Å². The highest BCUT2D eigenvalue weighted by Crippen LogP contribution is 2.48. The number of carbonyl (C=O) groups excluding carboxylic acids is 2. The maximum atomic E-state index is 12.0. The van der Waals surface area contributed by atoms with E-state index < -0.39 is 5.97 Å². The lowest BCUT2D eigenvalue weighted by Gasteiger charge is -2.15. The summed E-state index contributed by atoms with van der Waals surface area (Å²) in [5.41, 5.74) is 0. The number of hydrogen-bond acceptors (Lipinski definition) is 4. The second-order valence-corrected chi connectivity index (χ2v) is 4.81. The molecule has 0 aliphatic carbocycles. The minimum Gasteiger partial charge on any atom is -0.481 e. The standard InChI is InChI=1S/C11H13NO5/c13-7(14)3-4-12-10(15)8-5-1-2-6(17-5)9(8)11(12)16/h5-6,8-9H,1-4H2,(H,13,14)/t5-,6-,8-,9-/m1/s1. The second-order valence-electron chi connectivity index (χ2n) is 4.81. The summed E-state index contributed by atoms with van der Waals surface area (Å²) >= 11 is 0. The molecule has 6 heteroatoms. The van der Waals surface area contributed by atoms with Gasteiger partial charge in [0.1, 0.15) is 0 Å². The Kier molecular flexibility index (Phi) is 2.22. The zero-order valence-electron chi connectivity index (χ0n) is 9.17. The van der Waals surface area contributed by atoms with Crippen LogP contribution in [-0.4, -0.2) is 46.5 Å². The van der Waals surface area contributed by atoms with Crippen molar-refractivity contribution in [1.29, 1.82) is 0 Å². The summed E-state index contributed by atoms with van der Waals surface area (Å²) in [5.74, 6) is -2.19. The van der Waals surface area contributed by atoms with Crippen LogP contribution in [-0.2, 0) is 19.1 Å². The highest BCUT2D eigenvalue weighted by atomic mass is 16.5. The molecule has 4 atom stereocenters. The summed E-state index contributed by atoms with van der Waals surface area (Å²) in [6.45, 7) is -0.0144. The van der Waals surface area contributed by atoms with Gasteiger partial charge in [-0.1, -0.05) is 0 Å². The van der Waals surface area contributed by atoms with Crippen LogP contribution in [0.4, 0.5) is 0 Å². The summed E-state index contributed by atoms with van der Waals surface area (Å²) < 4.78 is 5.57. The third-order valence-electron chi connectivity index (χ3n) is 3.92. The number of nitrogens with zero attached hydrogens (tertiary/aromatic N) is 1. The Bertz CT molecular complexity index is 379. The molecule has 92 valence electrons. The molecule has 1 N–H and O–H groups in total. The lowest BCUT2D eigenvalue weighted by Crippen LogP contribution is -2.35. The van der Waals surface area contributed by atoms with Crippen molar-refractivity contribution in [3.63, 3.8) is 0 Å². The van der Waals surface area contributed by atoms with Gasteiger partial charge in [0.15, 0.2) is 0 Å². The number of ether oxygens (including phenoxy) is 1. The van der Waals surface area contributed by atoms with E-state index in [4.69, 9.17) is 9.84 Å². The normalized spacial score (nSPS) is 38.9. The Morgan fingerprint density at radius 1 is 1.24 bits per heavy atom. The van der Waals surface area contributed by atoms with Gasteiger partial charge in [-0.2, -0.15) is 0 Å². The third-order valence-corrected chi connectivity index (χ3v) is 3.92. The zero-order valence-corrected chi connectivity index (χ0v) is 9.17. The van der Waals surface area contributed by atoms with Crippen LogP contribution in [0.3, 0.4) is 0 Å². The van der Waals surface area contributed by atoms with Gasteiger partial charge < -0.3 is 9.84 Å². The van der Waals surface area contributed by atoms with Crippen LogP contribution < -0.4 is 0 Å². The number of hydrogen-bond donors (Lipinski definition) is 1. The summed E-state index contributed by atoms with van der Waals surface area (Å²) in [7, 11) is 0. The topological polar surface area (TPSA) is 83.9 Å². The first-order valence-corrected chi connectivity index (χ1v) is 5.82. The van der Waals surface area contributed by atoms with Gasteiger partial charge in [0, 0.05) is 6.54 Å². The number of aliphatic carboxylic acids is 1. The van der Waals surface area contributed by atoms with Crippen LogP contribution >= 0.6 is 0 Å². The molecule has 3 fully saturated rings. The molecule has 3 saturated heterocycles. The molecule has 0 saturated carbocycles. The van der Waals surface area contributed by atoms with Gasteiger partial charge in [0.05, 0.1) is 30.5 Å². The quantitative estimate of drug-likeness (QED) is 0.679. The Morgan fingerprint density at radius 3 is 2.24 bits per heavy atom. The molecule has 2 bridgehead atoms. The minimum atomic E-state index is -0.998. The van der Waals surface area contributed by atoms with Crippen LogP contribution in [0.1, 0.15) is 19.3 Å². The lowest BCUT2D eigenvalue weighted by atomic mass is 9.81. The van der Waals surface area contributed by atoms with E-state index in [-0.39, 0.29) is 48.8 Å². The Balaban J connectivity index is 1.78. The van der Waals surface area contributed by atoms with Gasteiger partial charge in [0.2, 0.25) is 11.8 Å². The molecule has 0 unspecified atom stereocenters. The first-order chi connectivity index (χ1) is 8.09. The SMILES string of the molecule is O=C(O)CCN1C(=O)[C@H]2[C@H](C1=O)[C@H]1CC[C@H]2O1. The molecular formula is C11H13NO5. The molecule has 6 nitrogen and oxygen atoms in total. The molecule has 3 aliphatic heterocycles. The van der Waals surface area contributed by atoms with Gasteiger partial charge >= 0.3 is 5.97 Å². The van der Waals surface area contributed by atoms with Crippen molar-refractivity contribution in [2.24, 2.45) is 11.8 Å². The maximum absolute atomic E-state index is 12.0. The molecule has 3 aliphatic rings. The minimum absolute atomic E-state index is 0.0144. The van der Waals surface area contributed by atoms with E-state index in [2.05, 4.69) is 0 Å². The number of amides is 2. The van der Waals surface area contributed by atoms with Crippen LogP contribution in [0.2, 0.25) is 0 Å². The van der Waals surface area contributed by atoms with Crippen LogP contribution in [0.5, 0.6) is 0 Å². The van der Waals surface area contributed by atoms with Crippen molar-refractivity contribution < 1.29 is 24.2 Å². The smallest absolute Gasteiger partial charge is 0.305 e. The highest BCUT2D eigenvalue weighted by molar-refractivity contribution is 6.06. The number of imide groups is 1. The van der Waals surface area contributed by atoms with Crippen molar-refractivity contribution in [2.75, 3.05) is 6.54 Å². The molecule has 3 rings (SSSR count). The summed E-state index contributed by atoms with van der Waals surface area (Å²) in [4.78, 5) is 35.7. The number of carboxylic acid groups (broad SMARTS) is 1. The van der Waals surface area contributed by atoms with Crippen molar-refractivity contribution in [3.05, 3.63) is 0 Å². The van der Waals surface area contributed by atoms with Gasteiger partial charge in [-0.15, -0.1) is 0 Å². The number of rotatable bonds is 3. The molecule has 0 radical (unpaired) electrons. The number of likely N-dealkylation sites (tertiary alicyclic amines) is 1. The summed E-state index contributed by atoms with van der Waals surface area (Å²) in [5, 5.41) is 8.59. The van der Waals surface area contributed by atoms with Gasteiger partial charge in [0.25, 0.3) is 0 Å². The van der Waals surface area contributed by atoms with Crippen molar-refractivity contribution >= 4 is 17.8 Å². The van der Waals surface area contributed by atoms with Gasteiger partial charge in [-0.25, -0.2) is 0 Å². The molecule has 2 amide bonds. The van der Waals surface area contributed by atoms with Crippen molar-refractivity contribution in [2.45, 2.75) is 31.5 Å². The molecule has 0 aromatic rings. The highest BCUT2D eigenvalue weighted by Gasteiger charge is 2.62. The average Bonchev–Trinajstić information content (AvgIpc) is 2.92. The van der Waals surface area contributed by atoms with E-state index >= 15 is 0 Å². The fraction of sp³-hybridized carbons (Fsp3) is 0.727. The van der Waals surface area contributed by atoms with Crippen LogP contribution in [0.15, 0.2) is 0 Å². The fourth-order valence-electron chi connectivity index (χ4n) is 3.20. The predicted octanol–water partition coefficient (Wildman–Crippen LogP) is -0.377. The number of fused-ring (bicyclic) bond motifs is 5. The fourth-order valence-corrected chi connectivity index (χ4v) is 3.20. The van der Waals surface area contributed by atoms with Gasteiger partial charge in [-0.05, 0) is 12.8 Å². The molecule has 0 aromatic carbocycles. The maximum Gasteiger partial charge on any atom is 0.305 e. The van der Waals surface area contributed by atoms with E-state index in [9.17, 15) is 14.4 Å². The largest absolute Gasteiger partial charge is 0.481 e. The van der Waals surface area contributed by atoms with E-state index in [0.717, 1.165) is 17.7 Å². The Hall–Kier alpha value is -1.43. The summed E-state index contributed by atoms with van der Waals surface area (Å²) in [6, 6.07) is 0. The van der Waals surface area contributed by atoms with Gasteiger partial charge in [-0.3, -0.25) is 19.3 Å². The molecule has 3 heterocycles. The Labute approximate surface area is 97.5 Å². The number of carbonyl (C=O) groups is 3. The van der Waals surface area contributed by atoms with E-state index in [0.29, 0.717) is 0 Å². The molecular weight excluding hydrogens is 226 g/mol. The van der Waals surface area contributed by atoms with E-state index in [1.54, 1.807) is 0 Å². The van der Waals surface area contributed by atoms with Crippen LogP contribution in [0.25, 0.3) is 0 Å². The lowest BCUT2D eigenvalue weighted by molar-refractivity contribution is -0.144. The Morgan fingerprint density at radius 2 is 1.76 bits per heavy atom. The first-order valence-electron chi connectivity index (χ1n) is 5.82. The first kappa shape index (κ1) is 10.7. The summed E-state index contributed by atoms with van der Waals surface area (Å²) in [6.07, 6.45) is 1.22. The zero-order chi connectivity index (χ0) is 12.2. The van der Waals surface area contributed by atoms with Crippen LogP contribution in [0, 0.1) is 11.8 Å².